The summed E-state index contributed by atoms with van der Waals surface area (Å²) in [5, 5.41) is 14.1. The van der Waals surface area contributed by atoms with E-state index in [1.807, 2.05) is 0 Å². The van der Waals surface area contributed by atoms with Crippen LogP contribution in [-0.2, 0) is 0 Å². The van der Waals surface area contributed by atoms with E-state index in [0.717, 1.165) is 24.4 Å². The highest BCUT2D eigenvalue weighted by molar-refractivity contribution is 5.61. The quantitative estimate of drug-likeness (QED) is 0.489. The third-order valence-corrected chi connectivity index (χ3v) is 3.54. The van der Waals surface area contributed by atoms with Crippen LogP contribution in [0, 0.1) is 16.0 Å². The molecule has 0 atom stereocenters. The van der Waals surface area contributed by atoms with E-state index in [2.05, 4.69) is 12.2 Å². The molecule has 0 spiro atoms. The molecule has 1 aliphatic carbocycles. The molecule has 5 nitrogen and oxygen atoms in total. The van der Waals surface area contributed by atoms with Gasteiger partial charge in [0.2, 0.25) is 0 Å². The molecule has 0 saturated heterocycles. The van der Waals surface area contributed by atoms with Crippen LogP contribution in [0.1, 0.15) is 32.6 Å². The highest BCUT2D eigenvalue weighted by atomic mass is 16.6. The third kappa shape index (κ3) is 3.12. The first kappa shape index (κ1) is 12.7. The van der Waals surface area contributed by atoms with Gasteiger partial charge in [0.05, 0.1) is 4.92 Å². The first-order valence-corrected chi connectivity index (χ1v) is 6.36. The van der Waals surface area contributed by atoms with Crippen molar-refractivity contribution in [3.05, 3.63) is 28.3 Å². The highest BCUT2D eigenvalue weighted by Crippen LogP contribution is 2.28. The monoisotopic (exact) mass is 249 g/mol. The Labute approximate surface area is 107 Å². The normalized spacial score (nSPS) is 23.6. The molecule has 0 aromatic heterocycles. The largest absolute Gasteiger partial charge is 0.398 e. The lowest BCUT2D eigenvalue weighted by Crippen LogP contribution is -2.25. The lowest BCUT2D eigenvalue weighted by atomic mass is 9.87. The van der Waals surface area contributed by atoms with Crippen LogP contribution in [0.4, 0.5) is 17.1 Å². The van der Waals surface area contributed by atoms with Crippen molar-refractivity contribution >= 4 is 17.1 Å². The summed E-state index contributed by atoms with van der Waals surface area (Å²) in [6.45, 7) is 2.27. The van der Waals surface area contributed by atoms with Gasteiger partial charge in [-0.3, -0.25) is 10.1 Å². The molecular formula is C13H19N3O2. The van der Waals surface area contributed by atoms with Crippen molar-refractivity contribution < 1.29 is 4.92 Å². The Hall–Kier alpha value is -1.78. The van der Waals surface area contributed by atoms with Crippen molar-refractivity contribution in [2.75, 3.05) is 11.1 Å². The number of non-ortho nitro benzene ring substituents is 1. The minimum atomic E-state index is -0.412. The zero-order valence-electron chi connectivity index (χ0n) is 10.6. The van der Waals surface area contributed by atoms with Crippen molar-refractivity contribution in [3.8, 4) is 0 Å². The zero-order valence-corrected chi connectivity index (χ0v) is 10.6. The number of anilines is 2. The van der Waals surface area contributed by atoms with Crippen LogP contribution in [0.25, 0.3) is 0 Å². The maximum Gasteiger partial charge on any atom is 0.273 e. The van der Waals surface area contributed by atoms with Gasteiger partial charge in [0.1, 0.15) is 0 Å². The number of hydrogen-bond donors (Lipinski definition) is 2. The van der Waals surface area contributed by atoms with Crippen molar-refractivity contribution in [1.29, 1.82) is 0 Å². The summed E-state index contributed by atoms with van der Waals surface area (Å²) in [6, 6.07) is 5.09. The van der Waals surface area contributed by atoms with Gasteiger partial charge in [-0.25, -0.2) is 0 Å². The lowest BCUT2D eigenvalue weighted by molar-refractivity contribution is -0.384. The van der Waals surface area contributed by atoms with Gasteiger partial charge in [0.15, 0.2) is 0 Å². The van der Waals surface area contributed by atoms with Crippen LogP contribution in [0.3, 0.4) is 0 Å². The molecule has 2 rings (SSSR count). The first-order chi connectivity index (χ1) is 8.54. The van der Waals surface area contributed by atoms with E-state index in [1.165, 1.54) is 18.9 Å². The number of benzene rings is 1. The van der Waals surface area contributed by atoms with E-state index in [-0.39, 0.29) is 5.69 Å². The summed E-state index contributed by atoms with van der Waals surface area (Å²) in [5.41, 5.74) is 6.90. The van der Waals surface area contributed by atoms with Gasteiger partial charge in [0.25, 0.3) is 5.69 Å². The summed E-state index contributed by atoms with van der Waals surface area (Å²) in [6.07, 6.45) is 4.65. The molecule has 0 unspecified atom stereocenters. The molecule has 98 valence electrons. The number of nitro benzene ring substituents is 1. The number of nitro groups is 1. The SMILES string of the molecule is CC1CCC(Nc2cc(N)cc([N+](=O)[O-])c2)CC1. The predicted octanol–water partition coefficient (Wildman–Crippen LogP) is 3.17. The minimum Gasteiger partial charge on any atom is -0.398 e. The molecule has 0 bridgehead atoms. The summed E-state index contributed by atoms with van der Waals surface area (Å²) >= 11 is 0. The van der Waals surface area contributed by atoms with Crippen molar-refractivity contribution in [1.82, 2.24) is 0 Å². The average molecular weight is 249 g/mol. The van der Waals surface area contributed by atoms with Gasteiger partial charge in [-0.2, -0.15) is 0 Å². The van der Waals surface area contributed by atoms with E-state index < -0.39 is 4.92 Å². The second-order valence-electron chi connectivity index (χ2n) is 5.17. The molecule has 1 aliphatic rings. The summed E-state index contributed by atoms with van der Waals surface area (Å²) in [7, 11) is 0. The molecule has 1 aromatic carbocycles. The molecule has 18 heavy (non-hydrogen) atoms. The number of nitrogen functional groups attached to an aromatic ring is 1. The fourth-order valence-corrected chi connectivity index (χ4v) is 2.46. The Balaban J connectivity index is 2.07. The van der Waals surface area contributed by atoms with E-state index >= 15 is 0 Å². The van der Waals surface area contributed by atoms with Gasteiger partial charge >= 0.3 is 0 Å². The van der Waals surface area contributed by atoms with E-state index in [0.29, 0.717) is 11.7 Å². The van der Waals surface area contributed by atoms with E-state index in [9.17, 15) is 10.1 Å². The molecule has 0 aliphatic heterocycles. The Bertz CT molecular complexity index is 440. The maximum absolute atomic E-state index is 10.8. The number of rotatable bonds is 3. The molecule has 1 fully saturated rings. The van der Waals surface area contributed by atoms with Crippen LogP contribution in [-0.4, -0.2) is 11.0 Å². The van der Waals surface area contributed by atoms with E-state index in [1.54, 1.807) is 12.1 Å². The standard InChI is InChI=1S/C13H19N3O2/c1-9-2-4-11(5-3-9)15-12-6-10(14)7-13(8-12)16(17)18/h6-9,11,15H,2-5,14H2,1H3. The van der Waals surface area contributed by atoms with Crippen molar-refractivity contribution in [2.45, 2.75) is 38.6 Å². The molecule has 0 radical (unpaired) electrons. The highest BCUT2D eigenvalue weighted by Gasteiger charge is 2.18. The second kappa shape index (κ2) is 5.25. The third-order valence-electron chi connectivity index (χ3n) is 3.54. The lowest BCUT2D eigenvalue weighted by Gasteiger charge is -2.27. The van der Waals surface area contributed by atoms with Gasteiger partial charge < -0.3 is 11.1 Å². The maximum atomic E-state index is 10.8. The van der Waals surface area contributed by atoms with Crippen LogP contribution in [0.2, 0.25) is 0 Å². The van der Waals surface area contributed by atoms with Crippen molar-refractivity contribution in [2.24, 2.45) is 5.92 Å². The molecule has 0 amide bonds. The van der Waals surface area contributed by atoms with Crippen molar-refractivity contribution in [3.63, 3.8) is 0 Å². The number of nitrogens with one attached hydrogen (secondary N) is 1. The molecule has 0 heterocycles. The molecule has 5 heteroatoms. The van der Waals surface area contributed by atoms with Gasteiger partial charge in [0, 0.05) is 29.5 Å². The topological polar surface area (TPSA) is 81.2 Å². The van der Waals surface area contributed by atoms with Gasteiger partial charge in [-0.15, -0.1) is 0 Å². The van der Waals surface area contributed by atoms with Crippen LogP contribution in [0.5, 0.6) is 0 Å². The Morgan fingerprint density at radius 1 is 1.28 bits per heavy atom. The fourth-order valence-electron chi connectivity index (χ4n) is 2.46. The Kier molecular flexibility index (Phi) is 3.69. The van der Waals surface area contributed by atoms with Gasteiger partial charge in [-0.05, 0) is 37.7 Å². The molecular weight excluding hydrogens is 230 g/mol. The van der Waals surface area contributed by atoms with Crippen LogP contribution < -0.4 is 11.1 Å². The second-order valence-corrected chi connectivity index (χ2v) is 5.17. The smallest absolute Gasteiger partial charge is 0.273 e. The summed E-state index contributed by atoms with van der Waals surface area (Å²) in [5.74, 6) is 0.790. The van der Waals surface area contributed by atoms with Crippen LogP contribution in [0.15, 0.2) is 18.2 Å². The minimum absolute atomic E-state index is 0.0432. The zero-order chi connectivity index (χ0) is 13.1. The Morgan fingerprint density at radius 3 is 2.56 bits per heavy atom. The number of nitrogens with two attached hydrogens (primary N) is 1. The van der Waals surface area contributed by atoms with Gasteiger partial charge in [-0.1, -0.05) is 6.92 Å². The summed E-state index contributed by atoms with van der Waals surface area (Å²) < 4.78 is 0. The summed E-state index contributed by atoms with van der Waals surface area (Å²) in [4.78, 5) is 10.4. The predicted molar refractivity (Wildman–Crippen MR) is 72.6 cm³/mol. The first-order valence-electron chi connectivity index (χ1n) is 6.36. The average Bonchev–Trinajstić information content (AvgIpc) is 2.31. The molecule has 3 N–H and O–H groups in total. The Morgan fingerprint density at radius 2 is 1.94 bits per heavy atom. The van der Waals surface area contributed by atoms with Crippen LogP contribution >= 0.6 is 0 Å². The van der Waals surface area contributed by atoms with E-state index in [4.69, 9.17) is 5.73 Å². The number of hydrogen-bond acceptors (Lipinski definition) is 4. The molecule has 1 saturated carbocycles. The fraction of sp³-hybridized carbons (Fsp3) is 0.538. The number of nitrogens with zero attached hydrogens (tertiary/aromatic N) is 1. The molecule has 1 aromatic rings.